The molecule has 2 aliphatic rings. The van der Waals surface area contributed by atoms with E-state index >= 15 is 0 Å². The molecule has 2 heterocycles. The van der Waals surface area contributed by atoms with Crippen molar-refractivity contribution in [2.24, 2.45) is 0 Å². The van der Waals surface area contributed by atoms with Gasteiger partial charge in [0.1, 0.15) is 0 Å². The van der Waals surface area contributed by atoms with Crippen LogP contribution in [-0.4, -0.2) is 29.8 Å². The molecule has 0 aliphatic carbocycles. The quantitative estimate of drug-likeness (QED) is 0.182. The first-order valence-corrected chi connectivity index (χ1v) is 15.3. The van der Waals surface area contributed by atoms with E-state index in [4.69, 9.17) is 0 Å². The maximum atomic E-state index is 13.5. The molecule has 1 saturated heterocycles. The van der Waals surface area contributed by atoms with E-state index < -0.39 is 0 Å². The second kappa shape index (κ2) is 13.1. The third-order valence-electron chi connectivity index (χ3n) is 8.31. The minimum atomic E-state index is -0.195. The van der Waals surface area contributed by atoms with Crippen LogP contribution in [0.2, 0.25) is 0 Å². The molecule has 0 unspecified atom stereocenters. The Hall–Kier alpha value is -4.68. The Morgan fingerprint density at radius 3 is 2.33 bits per heavy atom. The predicted molar refractivity (Wildman–Crippen MR) is 174 cm³/mol. The Kier molecular flexibility index (Phi) is 8.66. The Bertz CT molecular complexity index is 1630. The molecule has 6 nitrogen and oxygen atoms in total. The van der Waals surface area contributed by atoms with Gasteiger partial charge in [-0.2, -0.15) is 0 Å². The summed E-state index contributed by atoms with van der Waals surface area (Å²) < 4.78 is 0. The van der Waals surface area contributed by atoms with Crippen LogP contribution >= 0.6 is 0 Å². The van der Waals surface area contributed by atoms with Crippen molar-refractivity contribution in [2.75, 3.05) is 23.7 Å². The molecule has 43 heavy (non-hydrogen) atoms. The number of carbonyl (C=O) groups excluding carboxylic acids is 2. The summed E-state index contributed by atoms with van der Waals surface area (Å²) in [5, 5.41) is 9.79. The van der Waals surface area contributed by atoms with Crippen molar-refractivity contribution in [1.82, 2.24) is 10.2 Å². The van der Waals surface area contributed by atoms with Gasteiger partial charge in [0.25, 0.3) is 11.8 Å². The van der Waals surface area contributed by atoms with Crippen LogP contribution < -0.4 is 16.0 Å². The van der Waals surface area contributed by atoms with Gasteiger partial charge in [-0.25, -0.2) is 0 Å². The third kappa shape index (κ3) is 6.55. The summed E-state index contributed by atoms with van der Waals surface area (Å²) in [4.78, 5) is 29.5. The number of fused-ring (bicyclic) bond motifs is 1. The number of hydrogen-bond acceptors (Lipinski definition) is 4. The number of nitrogens with zero attached hydrogens (tertiary/aromatic N) is 1. The van der Waals surface area contributed by atoms with Gasteiger partial charge >= 0.3 is 0 Å². The van der Waals surface area contributed by atoms with E-state index in [1.807, 2.05) is 78.9 Å². The number of likely N-dealkylation sites (tertiary alicyclic amines) is 1. The Balaban J connectivity index is 1.34. The number of anilines is 2. The molecule has 6 heteroatoms. The van der Waals surface area contributed by atoms with Gasteiger partial charge in [-0.15, -0.1) is 0 Å². The highest BCUT2D eigenvalue weighted by atomic mass is 16.2. The Morgan fingerprint density at radius 1 is 0.837 bits per heavy atom. The minimum Gasteiger partial charge on any atom is -0.354 e. The van der Waals surface area contributed by atoms with E-state index in [-0.39, 0.29) is 17.9 Å². The largest absolute Gasteiger partial charge is 0.354 e. The zero-order valence-electron chi connectivity index (χ0n) is 24.6. The SMILES string of the molecule is CC[C@H](NC(=O)c1ccc2c(c1)C(=C(Nc1cccc(CN3CCCCC3)c1)c1ccccc1)C(=O)N2)c1ccccc1. The van der Waals surface area contributed by atoms with Crippen molar-refractivity contribution in [3.8, 4) is 0 Å². The summed E-state index contributed by atoms with van der Waals surface area (Å²) in [6.07, 6.45) is 4.58. The van der Waals surface area contributed by atoms with Crippen LogP contribution in [0.3, 0.4) is 0 Å². The molecule has 0 spiro atoms. The monoisotopic (exact) mass is 570 g/mol. The molecule has 0 bridgehead atoms. The average Bonchev–Trinajstić information content (AvgIpc) is 3.38. The molecule has 1 fully saturated rings. The molecule has 6 rings (SSSR count). The second-order valence-electron chi connectivity index (χ2n) is 11.3. The zero-order chi connectivity index (χ0) is 29.6. The van der Waals surface area contributed by atoms with Crippen LogP contribution in [0.4, 0.5) is 11.4 Å². The topological polar surface area (TPSA) is 73.5 Å². The van der Waals surface area contributed by atoms with E-state index in [2.05, 4.69) is 46.0 Å². The highest BCUT2D eigenvalue weighted by molar-refractivity contribution is 6.37. The van der Waals surface area contributed by atoms with Crippen molar-refractivity contribution in [3.05, 3.63) is 131 Å². The number of piperidine rings is 1. The van der Waals surface area contributed by atoms with Crippen molar-refractivity contribution in [2.45, 2.75) is 45.2 Å². The first kappa shape index (κ1) is 28.4. The summed E-state index contributed by atoms with van der Waals surface area (Å²) >= 11 is 0. The molecule has 1 atom stereocenters. The number of hydrogen-bond donors (Lipinski definition) is 3. The molecular formula is C37H38N4O2. The Morgan fingerprint density at radius 2 is 1.58 bits per heavy atom. The van der Waals surface area contributed by atoms with Crippen molar-refractivity contribution in [3.63, 3.8) is 0 Å². The van der Waals surface area contributed by atoms with Gasteiger partial charge in [-0.05, 0) is 79.4 Å². The molecule has 4 aromatic rings. The minimum absolute atomic E-state index is 0.101. The fraction of sp³-hybridized carbons (Fsp3) is 0.243. The molecule has 0 saturated carbocycles. The first-order chi connectivity index (χ1) is 21.1. The van der Waals surface area contributed by atoms with Crippen molar-refractivity contribution < 1.29 is 9.59 Å². The normalized spacial score (nSPS) is 16.6. The zero-order valence-corrected chi connectivity index (χ0v) is 24.6. The predicted octanol–water partition coefficient (Wildman–Crippen LogP) is 7.49. The van der Waals surface area contributed by atoms with Gasteiger partial charge in [0, 0.05) is 29.0 Å². The van der Waals surface area contributed by atoms with Crippen LogP contribution in [0.15, 0.2) is 103 Å². The maximum Gasteiger partial charge on any atom is 0.258 e. The number of amides is 2. The van der Waals surface area contributed by atoms with E-state index in [0.717, 1.165) is 42.9 Å². The summed E-state index contributed by atoms with van der Waals surface area (Å²) in [5.74, 6) is -0.365. The van der Waals surface area contributed by atoms with E-state index in [0.29, 0.717) is 28.1 Å². The van der Waals surface area contributed by atoms with Gasteiger partial charge in [0.2, 0.25) is 0 Å². The lowest BCUT2D eigenvalue weighted by molar-refractivity contribution is -0.110. The van der Waals surface area contributed by atoms with E-state index in [1.54, 1.807) is 6.07 Å². The van der Waals surface area contributed by atoms with Gasteiger partial charge < -0.3 is 16.0 Å². The van der Waals surface area contributed by atoms with Crippen LogP contribution in [0.5, 0.6) is 0 Å². The van der Waals surface area contributed by atoms with E-state index in [9.17, 15) is 9.59 Å². The van der Waals surface area contributed by atoms with Crippen LogP contribution in [0.25, 0.3) is 11.3 Å². The van der Waals surface area contributed by atoms with Crippen molar-refractivity contribution >= 4 is 34.5 Å². The molecular weight excluding hydrogens is 532 g/mol. The number of benzene rings is 4. The molecule has 0 aromatic heterocycles. The molecule has 0 radical (unpaired) electrons. The lowest BCUT2D eigenvalue weighted by atomic mass is 9.97. The molecule has 2 amide bonds. The Labute approximate surface area is 253 Å². The van der Waals surface area contributed by atoms with Crippen LogP contribution in [0, 0.1) is 0 Å². The summed E-state index contributed by atoms with van der Waals surface area (Å²) in [6, 6.07) is 33.6. The second-order valence-corrected chi connectivity index (χ2v) is 11.3. The standard InChI is InChI=1S/C37H38N4O2/c1-2-32(27-14-6-3-7-15-27)39-36(42)29-19-20-33-31(24-29)34(37(43)40-33)35(28-16-8-4-9-17-28)38-30-18-12-13-26(23-30)25-41-21-10-5-11-22-41/h3-4,6-9,12-20,23-24,32,38H,2,5,10-11,21-22,25H2,1H3,(H,39,42)(H,40,43)/t32-/m0/s1. The fourth-order valence-corrected chi connectivity index (χ4v) is 6.06. The van der Waals surface area contributed by atoms with E-state index in [1.165, 1.54) is 24.8 Å². The molecule has 3 N–H and O–H groups in total. The highest BCUT2D eigenvalue weighted by Crippen LogP contribution is 2.38. The van der Waals surface area contributed by atoms with Crippen LogP contribution in [0.1, 0.15) is 71.3 Å². The number of rotatable bonds is 9. The summed E-state index contributed by atoms with van der Waals surface area (Å²) in [7, 11) is 0. The third-order valence-corrected chi connectivity index (χ3v) is 8.31. The van der Waals surface area contributed by atoms with Crippen LogP contribution in [-0.2, 0) is 11.3 Å². The fourth-order valence-electron chi connectivity index (χ4n) is 6.06. The molecule has 4 aromatic carbocycles. The van der Waals surface area contributed by atoms with Gasteiger partial charge in [0.15, 0.2) is 0 Å². The summed E-state index contributed by atoms with van der Waals surface area (Å²) in [5.41, 5.74) is 7.27. The molecule has 218 valence electrons. The van der Waals surface area contributed by atoms with Crippen molar-refractivity contribution in [1.29, 1.82) is 0 Å². The van der Waals surface area contributed by atoms with Gasteiger partial charge in [-0.3, -0.25) is 14.5 Å². The first-order valence-electron chi connectivity index (χ1n) is 15.3. The van der Waals surface area contributed by atoms with Gasteiger partial charge in [-0.1, -0.05) is 86.1 Å². The highest BCUT2D eigenvalue weighted by Gasteiger charge is 2.30. The maximum absolute atomic E-state index is 13.5. The smallest absolute Gasteiger partial charge is 0.258 e. The summed E-state index contributed by atoms with van der Waals surface area (Å²) in [6.45, 7) is 5.24. The van der Waals surface area contributed by atoms with Gasteiger partial charge in [0.05, 0.1) is 17.3 Å². The lowest BCUT2D eigenvalue weighted by Crippen LogP contribution is -2.29. The number of nitrogens with one attached hydrogen (secondary N) is 3. The number of carbonyl (C=O) groups is 2. The average molecular weight is 571 g/mol. The molecule has 2 aliphatic heterocycles. The lowest BCUT2D eigenvalue weighted by Gasteiger charge is -2.26.